The van der Waals surface area contributed by atoms with Crippen molar-refractivity contribution in [2.75, 3.05) is 20.2 Å². The molecule has 0 radical (unpaired) electrons. The van der Waals surface area contributed by atoms with E-state index >= 15 is 0 Å². The molecule has 1 N–H and O–H groups in total. The third-order valence-electron chi connectivity index (χ3n) is 7.74. The number of piperazine rings is 1. The molecule has 6 nitrogen and oxygen atoms in total. The molecule has 8 heteroatoms. The highest BCUT2D eigenvalue weighted by atomic mass is 35.5. The number of carbonyl (C=O) groups is 2. The van der Waals surface area contributed by atoms with Crippen molar-refractivity contribution >= 4 is 34.3 Å². The summed E-state index contributed by atoms with van der Waals surface area (Å²) in [7, 11) is 1.63. The number of ether oxygens (including phenoxy) is 1. The van der Waals surface area contributed by atoms with Gasteiger partial charge < -0.3 is 19.5 Å². The third-order valence-corrected chi connectivity index (χ3v) is 8.10. The molecular formula is C29H25ClFN3O3. The van der Waals surface area contributed by atoms with E-state index < -0.39 is 11.4 Å². The van der Waals surface area contributed by atoms with Crippen LogP contribution < -0.4 is 4.74 Å². The molecule has 0 saturated carbocycles. The number of amides is 2. The summed E-state index contributed by atoms with van der Waals surface area (Å²) in [5.41, 5.74) is 2.36. The van der Waals surface area contributed by atoms with Crippen molar-refractivity contribution in [2.45, 2.75) is 24.9 Å². The second-order valence-electron chi connectivity index (χ2n) is 9.69. The maximum absolute atomic E-state index is 14.6. The number of para-hydroxylation sites is 2. The highest BCUT2D eigenvalue weighted by molar-refractivity contribution is 6.31. The standard InChI is InChI=1S/C29H25ClFN3O3/c1-29-27-26(18-9-3-5-12-23(18)32-27)19(17-8-4-6-13-24(17)37-2)15-34(29)25(35)16-33(28(29)36)14-20-21(30)10-7-11-22(20)31/h3-13,19,32H,14-16H2,1-2H3/t19?,29-/m0/s1. The van der Waals surface area contributed by atoms with Gasteiger partial charge in [0.25, 0.3) is 5.91 Å². The van der Waals surface area contributed by atoms with Gasteiger partial charge in [-0.3, -0.25) is 9.59 Å². The SMILES string of the molecule is COc1ccccc1C1CN2C(=O)CN(Cc3c(F)cccc3Cl)C(=O)[C@]2(C)c2[nH]c3ccccc3c21. The predicted octanol–water partition coefficient (Wildman–Crippen LogP) is 5.20. The average molecular weight is 518 g/mol. The van der Waals surface area contributed by atoms with E-state index in [0.29, 0.717) is 12.2 Å². The van der Waals surface area contributed by atoms with Gasteiger partial charge in [-0.25, -0.2) is 4.39 Å². The highest BCUT2D eigenvalue weighted by Gasteiger charge is 2.56. The lowest BCUT2D eigenvalue weighted by atomic mass is 9.76. The Balaban J connectivity index is 1.53. The molecule has 37 heavy (non-hydrogen) atoms. The highest BCUT2D eigenvalue weighted by Crippen LogP contribution is 2.49. The number of fused-ring (bicyclic) bond motifs is 5. The van der Waals surface area contributed by atoms with E-state index in [1.54, 1.807) is 25.0 Å². The van der Waals surface area contributed by atoms with Crippen LogP contribution in [-0.2, 0) is 21.7 Å². The van der Waals surface area contributed by atoms with Crippen LogP contribution >= 0.6 is 11.6 Å². The lowest BCUT2D eigenvalue weighted by molar-refractivity contribution is -0.167. The van der Waals surface area contributed by atoms with E-state index in [2.05, 4.69) is 4.98 Å². The minimum atomic E-state index is -1.29. The van der Waals surface area contributed by atoms with E-state index in [1.807, 2.05) is 48.5 Å². The Bertz CT molecular complexity index is 1550. The molecule has 0 bridgehead atoms. The van der Waals surface area contributed by atoms with Gasteiger partial charge in [0, 0.05) is 39.5 Å². The number of hydrogen-bond acceptors (Lipinski definition) is 3. The fraction of sp³-hybridized carbons (Fsp3) is 0.241. The van der Waals surface area contributed by atoms with Crippen molar-refractivity contribution in [3.05, 3.63) is 100.0 Å². The molecule has 2 atom stereocenters. The molecular weight excluding hydrogens is 493 g/mol. The Hall–Kier alpha value is -3.84. The normalized spacial score (nSPS) is 21.2. The minimum absolute atomic E-state index is 0.0923. The van der Waals surface area contributed by atoms with Crippen LogP contribution in [0.1, 0.15) is 35.2 Å². The molecule has 1 aromatic heterocycles. The molecule has 3 aromatic carbocycles. The molecule has 0 spiro atoms. The number of benzene rings is 3. The second kappa shape index (κ2) is 8.63. The zero-order chi connectivity index (χ0) is 25.9. The second-order valence-corrected chi connectivity index (χ2v) is 10.1. The number of rotatable bonds is 4. The van der Waals surface area contributed by atoms with E-state index in [9.17, 15) is 14.0 Å². The lowest BCUT2D eigenvalue weighted by Crippen LogP contribution is -2.67. The molecule has 3 heterocycles. The Kier molecular flexibility index (Phi) is 5.49. The van der Waals surface area contributed by atoms with E-state index in [-0.39, 0.29) is 41.4 Å². The van der Waals surface area contributed by atoms with Gasteiger partial charge in [-0.1, -0.05) is 54.1 Å². The Labute approximate surface area is 218 Å². The number of carbonyl (C=O) groups excluding carboxylic acids is 2. The number of H-pyrrole nitrogens is 1. The minimum Gasteiger partial charge on any atom is -0.496 e. The van der Waals surface area contributed by atoms with Crippen LogP contribution in [0.15, 0.2) is 66.7 Å². The molecule has 1 unspecified atom stereocenters. The summed E-state index contributed by atoms with van der Waals surface area (Å²) < 4.78 is 20.3. The summed E-state index contributed by atoms with van der Waals surface area (Å²) in [4.78, 5) is 34.4. The topological polar surface area (TPSA) is 65.6 Å². The van der Waals surface area contributed by atoms with Crippen LogP contribution in [0.25, 0.3) is 10.9 Å². The van der Waals surface area contributed by atoms with Gasteiger partial charge in [0.1, 0.15) is 18.1 Å². The van der Waals surface area contributed by atoms with Gasteiger partial charge in [0.15, 0.2) is 5.54 Å². The zero-order valence-corrected chi connectivity index (χ0v) is 21.2. The third kappa shape index (κ3) is 3.44. The fourth-order valence-corrected chi connectivity index (χ4v) is 6.14. The maximum Gasteiger partial charge on any atom is 0.255 e. The average Bonchev–Trinajstić information content (AvgIpc) is 3.30. The van der Waals surface area contributed by atoms with Gasteiger partial charge in [0.05, 0.1) is 19.3 Å². The van der Waals surface area contributed by atoms with Gasteiger partial charge in [-0.2, -0.15) is 0 Å². The first-order valence-electron chi connectivity index (χ1n) is 12.1. The van der Waals surface area contributed by atoms with E-state index in [1.165, 1.54) is 17.0 Å². The summed E-state index contributed by atoms with van der Waals surface area (Å²) in [5, 5.41) is 1.21. The number of methoxy groups -OCH3 is 1. The van der Waals surface area contributed by atoms with Crippen molar-refractivity contribution in [3.8, 4) is 5.75 Å². The van der Waals surface area contributed by atoms with Crippen molar-refractivity contribution in [3.63, 3.8) is 0 Å². The number of halogens is 2. The number of nitrogens with zero attached hydrogens (tertiary/aromatic N) is 2. The largest absolute Gasteiger partial charge is 0.496 e. The van der Waals surface area contributed by atoms with Gasteiger partial charge in [-0.05, 0) is 36.8 Å². The van der Waals surface area contributed by atoms with Gasteiger partial charge in [0.2, 0.25) is 5.91 Å². The van der Waals surface area contributed by atoms with E-state index in [4.69, 9.17) is 16.3 Å². The van der Waals surface area contributed by atoms with Crippen molar-refractivity contribution in [1.82, 2.24) is 14.8 Å². The van der Waals surface area contributed by atoms with Crippen LogP contribution in [0, 0.1) is 5.82 Å². The molecule has 1 fully saturated rings. The molecule has 6 rings (SSSR count). The van der Waals surface area contributed by atoms with Crippen LogP contribution in [0.4, 0.5) is 4.39 Å². The monoisotopic (exact) mass is 517 g/mol. The van der Waals surface area contributed by atoms with Crippen molar-refractivity contribution in [1.29, 1.82) is 0 Å². The van der Waals surface area contributed by atoms with Gasteiger partial charge >= 0.3 is 0 Å². The first-order valence-corrected chi connectivity index (χ1v) is 12.5. The Morgan fingerprint density at radius 2 is 1.84 bits per heavy atom. The van der Waals surface area contributed by atoms with Crippen LogP contribution in [0.3, 0.4) is 0 Å². The fourth-order valence-electron chi connectivity index (χ4n) is 5.91. The van der Waals surface area contributed by atoms with Crippen LogP contribution in [0.5, 0.6) is 5.75 Å². The molecule has 2 aliphatic rings. The Morgan fingerprint density at radius 3 is 2.62 bits per heavy atom. The summed E-state index contributed by atoms with van der Waals surface area (Å²) in [6.45, 7) is 1.83. The number of aromatic nitrogens is 1. The predicted molar refractivity (Wildman–Crippen MR) is 139 cm³/mol. The van der Waals surface area contributed by atoms with Crippen molar-refractivity contribution in [2.24, 2.45) is 0 Å². The zero-order valence-electron chi connectivity index (χ0n) is 20.4. The Morgan fingerprint density at radius 1 is 1.08 bits per heavy atom. The van der Waals surface area contributed by atoms with Crippen molar-refractivity contribution < 1.29 is 18.7 Å². The first-order chi connectivity index (χ1) is 17.8. The smallest absolute Gasteiger partial charge is 0.255 e. The number of nitrogens with one attached hydrogen (secondary N) is 1. The molecule has 188 valence electrons. The quantitative estimate of drug-likeness (QED) is 0.404. The maximum atomic E-state index is 14.6. The summed E-state index contributed by atoms with van der Waals surface area (Å²) in [6, 6.07) is 20.1. The van der Waals surface area contributed by atoms with Crippen LogP contribution in [0.2, 0.25) is 5.02 Å². The molecule has 2 aliphatic heterocycles. The van der Waals surface area contributed by atoms with Gasteiger partial charge in [-0.15, -0.1) is 0 Å². The van der Waals surface area contributed by atoms with E-state index in [0.717, 1.165) is 27.8 Å². The summed E-state index contributed by atoms with van der Waals surface area (Å²) in [6.07, 6.45) is 0. The lowest BCUT2D eigenvalue weighted by Gasteiger charge is -2.51. The van der Waals surface area contributed by atoms with Crippen LogP contribution in [-0.4, -0.2) is 46.8 Å². The number of aromatic amines is 1. The number of hydrogen-bond donors (Lipinski definition) is 1. The molecule has 4 aromatic rings. The molecule has 1 saturated heterocycles. The first kappa shape index (κ1) is 23.6. The molecule has 0 aliphatic carbocycles. The summed E-state index contributed by atoms with van der Waals surface area (Å²) in [5.74, 6) is -0.485. The molecule has 2 amide bonds. The summed E-state index contributed by atoms with van der Waals surface area (Å²) >= 11 is 6.26.